The van der Waals surface area contributed by atoms with Crippen molar-refractivity contribution in [2.45, 2.75) is 57.5 Å². The zero-order valence-corrected chi connectivity index (χ0v) is 15.4. The molecule has 1 aromatic heterocycles. The van der Waals surface area contributed by atoms with Gasteiger partial charge >= 0.3 is 0 Å². The summed E-state index contributed by atoms with van der Waals surface area (Å²) < 4.78 is 1.98. The molecule has 1 aromatic rings. The van der Waals surface area contributed by atoms with Gasteiger partial charge in [-0.3, -0.25) is 4.79 Å². The zero-order valence-electron chi connectivity index (χ0n) is 14.6. The molecule has 1 aliphatic heterocycles. The van der Waals surface area contributed by atoms with Crippen LogP contribution >= 0.6 is 12.4 Å². The first-order chi connectivity index (χ1) is 11.2. The molecule has 3 aliphatic rings. The predicted octanol–water partition coefficient (Wildman–Crippen LogP) is 2.19. The van der Waals surface area contributed by atoms with E-state index in [1.807, 2.05) is 23.6 Å². The van der Waals surface area contributed by atoms with Crippen LogP contribution in [0.15, 0.2) is 0 Å². The number of amides is 1. The van der Waals surface area contributed by atoms with E-state index in [2.05, 4.69) is 15.6 Å². The van der Waals surface area contributed by atoms with Gasteiger partial charge in [-0.1, -0.05) is 5.21 Å². The second kappa shape index (κ2) is 7.00. The van der Waals surface area contributed by atoms with Crippen molar-refractivity contribution in [1.82, 2.24) is 25.2 Å². The molecule has 6 nitrogen and oxygen atoms in total. The predicted molar refractivity (Wildman–Crippen MR) is 94.5 cm³/mol. The van der Waals surface area contributed by atoms with Gasteiger partial charge in [0.05, 0.1) is 11.7 Å². The first-order valence-electron chi connectivity index (χ1n) is 9.06. The van der Waals surface area contributed by atoms with Crippen molar-refractivity contribution in [3.05, 3.63) is 11.4 Å². The number of aromatic nitrogens is 3. The Kier molecular flexibility index (Phi) is 5.16. The summed E-state index contributed by atoms with van der Waals surface area (Å²) in [6.07, 6.45) is 7.22. The second-order valence-electron chi connectivity index (χ2n) is 7.53. The average molecular weight is 354 g/mol. The lowest BCUT2D eigenvalue weighted by molar-refractivity contribution is 0.0683. The van der Waals surface area contributed by atoms with Crippen molar-refractivity contribution >= 4 is 18.3 Å². The minimum atomic E-state index is 0. The highest BCUT2D eigenvalue weighted by Gasteiger charge is 2.45. The van der Waals surface area contributed by atoms with Gasteiger partial charge in [-0.15, -0.1) is 17.5 Å². The van der Waals surface area contributed by atoms with E-state index in [1.165, 1.54) is 25.7 Å². The third-order valence-electron chi connectivity index (χ3n) is 5.76. The molecule has 0 radical (unpaired) electrons. The number of hydrogen-bond donors (Lipinski definition) is 1. The van der Waals surface area contributed by atoms with Crippen LogP contribution in [0, 0.1) is 18.8 Å². The Balaban J connectivity index is 0.00000169. The number of carbonyl (C=O) groups is 1. The van der Waals surface area contributed by atoms with Gasteiger partial charge in [-0.2, -0.15) is 0 Å². The van der Waals surface area contributed by atoms with Crippen LogP contribution < -0.4 is 5.32 Å². The van der Waals surface area contributed by atoms with Crippen molar-refractivity contribution < 1.29 is 4.79 Å². The van der Waals surface area contributed by atoms with E-state index in [-0.39, 0.29) is 18.3 Å². The molecule has 1 amide bonds. The Labute approximate surface area is 149 Å². The summed E-state index contributed by atoms with van der Waals surface area (Å²) in [5.74, 6) is 1.50. The Bertz CT molecular complexity index is 578. The molecule has 3 fully saturated rings. The summed E-state index contributed by atoms with van der Waals surface area (Å²) in [5, 5.41) is 11.9. The Hall–Kier alpha value is -1.14. The maximum atomic E-state index is 13.0. The monoisotopic (exact) mass is 353 g/mol. The normalized spacial score (nSPS) is 21.6. The minimum Gasteiger partial charge on any atom is -0.337 e. The highest BCUT2D eigenvalue weighted by Crippen LogP contribution is 2.47. The summed E-state index contributed by atoms with van der Waals surface area (Å²) >= 11 is 0. The fourth-order valence-electron chi connectivity index (χ4n) is 4.13. The molecule has 7 heteroatoms. The first-order valence-corrected chi connectivity index (χ1v) is 9.06. The quantitative estimate of drug-likeness (QED) is 0.881. The number of rotatable bonds is 5. The molecule has 1 N–H and O–H groups in total. The molecule has 2 aliphatic carbocycles. The van der Waals surface area contributed by atoms with E-state index < -0.39 is 0 Å². The average Bonchev–Trinajstić information content (AvgIpc) is 3.49. The topological polar surface area (TPSA) is 63.1 Å². The van der Waals surface area contributed by atoms with Gasteiger partial charge in [-0.05, 0) is 70.4 Å². The smallest absolute Gasteiger partial charge is 0.276 e. The Morgan fingerprint density at radius 1 is 1.17 bits per heavy atom. The zero-order chi connectivity index (χ0) is 16.0. The molecule has 0 spiro atoms. The van der Waals surface area contributed by atoms with E-state index in [1.54, 1.807) is 0 Å². The van der Waals surface area contributed by atoms with Crippen LogP contribution in [-0.2, 0) is 0 Å². The number of halogens is 1. The van der Waals surface area contributed by atoms with Crippen LogP contribution in [0.1, 0.15) is 60.7 Å². The Morgan fingerprint density at radius 3 is 2.29 bits per heavy atom. The van der Waals surface area contributed by atoms with Gasteiger partial charge in [0.1, 0.15) is 0 Å². The molecule has 0 atom stereocenters. The number of nitrogens with one attached hydrogen (secondary N) is 1. The molecule has 4 rings (SSSR count). The summed E-state index contributed by atoms with van der Waals surface area (Å²) in [5.41, 5.74) is 1.48. The van der Waals surface area contributed by atoms with Crippen LogP contribution in [0.3, 0.4) is 0 Å². The standard InChI is InChI=1S/C17H27N5O.ClH/c1-11-15(19-20-22(11)14-7-9-18-10-8-14)17(23)21(2)16(12-3-4-12)13-5-6-13;/h12-14,16,18H,3-10H2,1-2H3;1H. The van der Waals surface area contributed by atoms with Crippen molar-refractivity contribution in [1.29, 1.82) is 0 Å². The molecular formula is C17H28ClN5O. The van der Waals surface area contributed by atoms with Gasteiger partial charge < -0.3 is 10.2 Å². The lowest BCUT2D eigenvalue weighted by Crippen LogP contribution is -2.40. The molecule has 0 aromatic carbocycles. The number of nitrogens with zero attached hydrogens (tertiary/aromatic N) is 4. The van der Waals surface area contributed by atoms with Gasteiger partial charge in [0.2, 0.25) is 0 Å². The highest BCUT2D eigenvalue weighted by molar-refractivity contribution is 5.93. The lowest BCUT2D eigenvalue weighted by atomic mass is 10.0. The molecular weight excluding hydrogens is 326 g/mol. The SMILES string of the molecule is Cc1c(C(=O)N(C)C(C2CC2)C2CC2)nnn1C1CCNCC1.Cl. The van der Waals surface area contributed by atoms with E-state index in [9.17, 15) is 4.79 Å². The summed E-state index contributed by atoms with van der Waals surface area (Å²) in [4.78, 5) is 14.9. The maximum Gasteiger partial charge on any atom is 0.276 e. The van der Waals surface area contributed by atoms with E-state index in [0.29, 0.717) is 17.8 Å². The van der Waals surface area contributed by atoms with Crippen LogP contribution in [0.25, 0.3) is 0 Å². The van der Waals surface area contributed by atoms with Crippen molar-refractivity contribution in [3.8, 4) is 0 Å². The largest absolute Gasteiger partial charge is 0.337 e. The summed E-state index contributed by atoms with van der Waals surface area (Å²) in [7, 11) is 1.96. The summed E-state index contributed by atoms with van der Waals surface area (Å²) in [6, 6.07) is 0.796. The minimum absolute atomic E-state index is 0. The third kappa shape index (κ3) is 3.31. The Morgan fingerprint density at radius 2 is 1.75 bits per heavy atom. The molecule has 0 bridgehead atoms. The van der Waals surface area contributed by atoms with Crippen LogP contribution in [0.4, 0.5) is 0 Å². The second-order valence-corrected chi connectivity index (χ2v) is 7.53. The van der Waals surface area contributed by atoms with Gasteiger partial charge in [0.15, 0.2) is 5.69 Å². The van der Waals surface area contributed by atoms with Crippen molar-refractivity contribution in [2.75, 3.05) is 20.1 Å². The van der Waals surface area contributed by atoms with E-state index in [4.69, 9.17) is 0 Å². The van der Waals surface area contributed by atoms with E-state index in [0.717, 1.165) is 43.5 Å². The van der Waals surface area contributed by atoms with Crippen molar-refractivity contribution in [3.63, 3.8) is 0 Å². The molecule has 24 heavy (non-hydrogen) atoms. The third-order valence-corrected chi connectivity index (χ3v) is 5.76. The fraction of sp³-hybridized carbons (Fsp3) is 0.824. The number of carbonyl (C=O) groups excluding carboxylic acids is 1. The lowest BCUT2D eigenvalue weighted by Gasteiger charge is -2.28. The number of hydrogen-bond acceptors (Lipinski definition) is 4. The molecule has 2 heterocycles. The van der Waals surface area contributed by atoms with E-state index >= 15 is 0 Å². The maximum absolute atomic E-state index is 13.0. The first kappa shape index (κ1) is 17.7. The summed E-state index contributed by atoms with van der Waals surface area (Å²) in [6.45, 7) is 4.02. The number of piperidine rings is 1. The van der Waals surface area contributed by atoms with Gasteiger partial charge in [-0.25, -0.2) is 4.68 Å². The highest BCUT2D eigenvalue weighted by atomic mass is 35.5. The van der Waals surface area contributed by atoms with Crippen LogP contribution in [0.2, 0.25) is 0 Å². The van der Waals surface area contributed by atoms with Gasteiger partial charge in [0, 0.05) is 13.1 Å². The van der Waals surface area contributed by atoms with Crippen LogP contribution in [-0.4, -0.2) is 52.0 Å². The molecule has 0 unspecified atom stereocenters. The fourth-order valence-corrected chi connectivity index (χ4v) is 4.13. The van der Waals surface area contributed by atoms with Crippen LogP contribution in [0.5, 0.6) is 0 Å². The molecule has 134 valence electrons. The molecule has 2 saturated carbocycles. The van der Waals surface area contributed by atoms with Gasteiger partial charge in [0.25, 0.3) is 5.91 Å². The molecule has 1 saturated heterocycles. The van der Waals surface area contributed by atoms with Crippen molar-refractivity contribution in [2.24, 2.45) is 11.8 Å².